The molecule has 3 atom stereocenters. The minimum absolute atomic E-state index is 0.00581. The van der Waals surface area contributed by atoms with Crippen molar-refractivity contribution < 1.29 is 57.6 Å². The molecule has 2 aliphatic carbocycles. The number of fused-ring (bicyclic) bond motifs is 4. The van der Waals surface area contributed by atoms with Crippen molar-refractivity contribution in [2.75, 3.05) is 97.4 Å². The van der Waals surface area contributed by atoms with Gasteiger partial charge in [-0.1, -0.05) is 6.07 Å². The molecule has 5 N–H and O–H groups in total. The van der Waals surface area contributed by atoms with Gasteiger partial charge in [0.15, 0.2) is 6.29 Å². The molecule has 5 heterocycles. The molecule has 0 bridgehead atoms. The summed E-state index contributed by atoms with van der Waals surface area (Å²) in [6.07, 6.45) is 8.02. The fourth-order valence-electron chi connectivity index (χ4n) is 9.79. The number of hydrogen-bond donors (Lipinski definition) is 4. The van der Waals surface area contributed by atoms with E-state index in [0.29, 0.717) is 89.8 Å². The summed E-state index contributed by atoms with van der Waals surface area (Å²) in [6, 6.07) is 4.30. The van der Waals surface area contributed by atoms with Gasteiger partial charge in [-0.15, -0.1) is 11.3 Å². The Labute approximate surface area is 392 Å². The maximum Gasteiger partial charge on any atom is 0.264 e. The Morgan fingerprint density at radius 1 is 0.896 bits per heavy atom. The number of hydrogen-bond acceptors (Lipinski definition) is 18. The number of piperidine rings is 1. The predicted octanol–water partition coefficient (Wildman–Crippen LogP) is 1.41. The van der Waals surface area contributed by atoms with Crippen molar-refractivity contribution in [2.24, 2.45) is 5.73 Å². The third kappa shape index (κ3) is 11.3. The number of rotatable bonds is 23. The summed E-state index contributed by atoms with van der Waals surface area (Å²) in [5, 5.41) is 16.9. The molecule has 1 aromatic carbocycles. The zero-order valence-electron chi connectivity index (χ0n) is 37.6. The highest BCUT2D eigenvalue weighted by atomic mass is 32.1. The molecular weight excluding hydrogens is 889 g/mol. The number of nitrogens with zero attached hydrogens (tertiary/aromatic N) is 5. The fraction of sp³-hybridized carbons (Fsp3) is 0.609. The van der Waals surface area contributed by atoms with Crippen molar-refractivity contribution >= 4 is 63.1 Å². The molecule has 2 saturated heterocycles. The Morgan fingerprint density at radius 2 is 1.61 bits per heavy atom. The number of aryl methyl sites for hydroxylation is 1. The van der Waals surface area contributed by atoms with Crippen molar-refractivity contribution in [3.05, 3.63) is 46.1 Å². The van der Waals surface area contributed by atoms with Gasteiger partial charge in [0, 0.05) is 62.3 Å². The number of piperazine rings is 1. The minimum Gasteiger partial charge on any atom is -0.474 e. The molecule has 1 saturated carbocycles. The van der Waals surface area contributed by atoms with Crippen LogP contribution in [0.3, 0.4) is 0 Å². The maximum atomic E-state index is 13.2. The average molecular weight is 949 g/mol. The van der Waals surface area contributed by atoms with Crippen molar-refractivity contribution in [3.8, 4) is 5.88 Å². The lowest BCUT2D eigenvalue weighted by Gasteiger charge is -2.41. The van der Waals surface area contributed by atoms with E-state index in [9.17, 15) is 33.9 Å². The number of aliphatic hydroxyl groups is 1. The molecule has 0 radical (unpaired) electrons. The van der Waals surface area contributed by atoms with Crippen LogP contribution in [0.4, 0.5) is 5.69 Å². The van der Waals surface area contributed by atoms with E-state index in [1.54, 1.807) is 35.9 Å². The molecule has 3 fully saturated rings. The monoisotopic (exact) mass is 948 g/mol. The van der Waals surface area contributed by atoms with Crippen LogP contribution in [0.25, 0.3) is 10.2 Å². The molecule has 5 amide bonds. The van der Waals surface area contributed by atoms with Crippen molar-refractivity contribution in [1.29, 1.82) is 0 Å². The smallest absolute Gasteiger partial charge is 0.264 e. The number of nitrogens with two attached hydrogens (primary N) is 1. The molecule has 3 aliphatic heterocycles. The largest absolute Gasteiger partial charge is 0.474 e. The number of thiophene rings is 1. The first kappa shape index (κ1) is 48.5. The Morgan fingerprint density at radius 3 is 2.31 bits per heavy atom. The van der Waals surface area contributed by atoms with Gasteiger partial charge in [0.1, 0.15) is 35.5 Å². The van der Waals surface area contributed by atoms with Gasteiger partial charge in [0.2, 0.25) is 23.6 Å². The molecule has 8 rings (SSSR count). The van der Waals surface area contributed by atoms with Gasteiger partial charge in [-0.3, -0.25) is 39.1 Å². The summed E-state index contributed by atoms with van der Waals surface area (Å²) in [7, 11) is 0. The Kier molecular flexibility index (Phi) is 16.2. The topological polar surface area (TPSA) is 254 Å². The predicted molar refractivity (Wildman–Crippen MR) is 243 cm³/mol. The third-order valence-electron chi connectivity index (χ3n) is 13.3. The lowest BCUT2D eigenvalue weighted by atomic mass is 9.87. The number of carbonyl (C=O) groups is 6. The summed E-state index contributed by atoms with van der Waals surface area (Å²) < 4.78 is 29.0. The molecule has 67 heavy (non-hydrogen) atoms. The van der Waals surface area contributed by atoms with Crippen LogP contribution in [0.15, 0.2) is 24.5 Å². The Hall–Kier alpha value is -5.00. The lowest BCUT2D eigenvalue weighted by Crippen LogP contribution is -2.54. The molecule has 21 heteroatoms. The first-order valence-electron chi connectivity index (χ1n) is 23.3. The van der Waals surface area contributed by atoms with Gasteiger partial charge in [-0.2, -0.15) is 0 Å². The van der Waals surface area contributed by atoms with E-state index in [0.717, 1.165) is 72.3 Å². The van der Waals surface area contributed by atoms with Crippen molar-refractivity contribution in [3.63, 3.8) is 0 Å². The molecule has 3 aromatic rings. The second-order valence-electron chi connectivity index (χ2n) is 17.6. The van der Waals surface area contributed by atoms with Gasteiger partial charge in [0.05, 0.1) is 62.8 Å². The fourth-order valence-corrected chi connectivity index (χ4v) is 11.0. The maximum absolute atomic E-state index is 13.2. The molecular formula is C46H60N8O12S. The van der Waals surface area contributed by atoms with Crippen LogP contribution in [0.2, 0.25) is 0 Å². The van der Waals surface area contributed by atoms with Gasteiger partial charge < -0.3 is 49.5 Å². The van der Waals surface area contributed by atoms with Gasteiger partial charge in [-0.05, 0) is 75.0 Å². The van der Waals surface area contributed by atoms with Crippen LogP contribution in [-0.4, -0.2) is 182 Å². The molecule has 2 aromatic heterocycles. The first-order chi connectivity index (χ1) is 32.6. The lowest BCUT2D eigenvalue weighted by molar-refractivity contribution is -0.139. The van der Waals surface area contributed by atoms with Crippen LogP contribution < -0.4 is 21.1 Å². The first-order valence-corrected chi connectivity index (χ1v) is 24.1. The standard InChI is InChI=1S/C46H60N8O12S/c47-26-46(61,27-55)24-29-4-10-35-38(29)40-42(49-28-50-43(40)67-35)66-31-7-5-30(6-8-31)52-13-15-53(16-14-52)37(57)25-65-23-22-64-21-20-63-19-18-62-17-12-48-33-3-1-2-32-39(33)45(60)54(44(32)59)34-9-11-36(56)51-41(34)58/h1-3,27-31,34,48,61H,4-26,47H2,(H,51,56,58)/t29-,30-,31-,34?,46+/m1/s1. The number of carbonyl (C=O) groups excluding carboxylic acids is 6. The van der Waals surface area contributed by atoms with Crippen LogP contribution in [0, 0.1) is 0 Å². The van der Waals surface area contributed by atoms with Crippen LogP contribution in [-0.2, 0) is 44.5 Å². The van der Waals surface area contributed by atoms with Crippen molar-refractivity contribution in [2.45, 2.75) is 87.5 Å². The molecule has 1 unspecified atom stereocenters. The highest BCUT2D eigenvalue weighted by molar-refractivity contribution is 7.19. The highest BCUT2D eigenvalue weighted by Crippen LogP contribution is 2.48. The number of nitrogens with one attached hydrogen (secondary N) is 2. The normalized spacial score (nSPS) is 23.0. The summed E-state index contributed by atoms with van der Waals surface area (Å²) in [5.41, 5.74) is 6.16. The van der Waals surface area contributed by atoms with Crippen LogP contribution in [0.1, 0.15) is 88.4 Å². The average Bonchev–Trinajstić information content (AvgIpc) is 3.99. The highest BCUT2D eigenvalue weighted by Gasteiger charge is 2.46. The number of benzene rings is 1. The van der Waals surface area contributed by atoms with Crippen LogP contribution >= 0.6 is 11.3 Å². The zero-order valence-corrected chi connectivity index (χ0v) is 38.4. The number of anilines is 1. The second-order valence-corrected chi connectivity index (χ2v) is 18.7. The number of amides is 5. The van der Waals surface area contributed by atoms with E-state index in [-0.39, 0.29) is 61.5 Å². The van der Waals surface area contributed by atoms with E-state index in [1.807, 2.05) is 4.90 Å². The number of aldehydes is 1. The Balaban J connectivity index is 0.640. The quantitative estimate of drug-likeness (QED) is 0.0596. The molecule has 5 aliphatic rings. The third-order valence-corrected chi connectivity index (χ3v) is 14.5. The van der Waals surface area contributed by atoms with E-state index in [1.165, 1.54) is 4.88 Å². The summed E-state index contributed by atoms with van der Waals surface area (Å²) in [6.45, 7) is 5.56. The van der Waals surface area contributed by atoms with Gasteiger partial charge >= 0.3 is 0 Å². The molecule has 20 nitrogen and oxygen atoms in total. The SMILES string of the molecule is NC[C@](O)(C=O)C[C@H]1CCc2sc3ncnc(O[C@H]4CC[C@H](N5CCN(C(=O)COCCOCCOCCOCCNc6cccc7c6C(=O)N(C6CCC(=O)NC6=O)C7=O)CC5)CC4)c3c21. The zero-order chi connectivity index (χ0) is 46.9. The van der Waals surface area contributed by atoms with E-state index in [4.69, 9.17) is 29.4 Å². The second kappa shape index (κ2) is 22.4. The number of imide groups is 2. The number of ether oxygens (including phenoxy) is 5. The van der Waals surface area contributed by atoms with Gasteiger partial charge in [-0.25, -0.2) is 9.97 Å². The number of aromatic nitrogens is 2. The molecule has 362 valence electrons. The van der Waals surface area contributed by atoms with E-state index < -0.39 is 35.3 Å². The van der Waals surface area contributed by atoms with E-state index in [2.05, 4.69) is 25.5 Å². The van der Waals surface area contributed by atoms with E-state index >= 15 is 0 Å². The summed E-state index contributed by atoms with van der Waals surface area (Å²) in [5.74, 6) is -1.67. The summed E-state index contributed by atoms with van der Waals surface area (Å²) in [4.78, 5) is 91.2. The molecule has 0 spiro atoms. The van der Waals surface area contributed by atoms with Crippen molar-refractivity contribution in [1.82, 2.24) is 30.0 Å². The minimum atomic E-state index is -1.56. The summed E-state index contributed by atoms with van der Waals surface area (Å²) >= 11 is 1.64. The van der Waals surface area contributed by atoms with Crippen LogP contribution in [0.5, 0.6) is 5.88 Å². The van der Waals surface area contributed by atoms with Gasteiger partial charge in [0.25, 0.3) is 11.8 Å². The Bertz CT molecular complexity index is 2280.